The van der Waals surface area contributed by atoms with E-state index >= 15 is 0 Å². The third-order valence-corrected chi connectivity index (χ3v) is 3.55. The van der Waals surface area contributed by atoms with E-state index in [0.717, 1.165) is 13.0 Å². The molecule has 2 bridgehead atoms. The first-order valence-corrected chi connectivity index (χ1v) is 5.97. The highest BCUT2D eigenvalue weighted by Gasteiger charge is 2.56. The Labute approximate surface area is 96.6 Å². The van der Waals surface area contributed by atoms with Crippen LogP contribution < -0.4 is 0 Å². The number of fused-ring (bicyclic) bond motifs is 1. The second kappa shape index (κ2) is 3.62. The van der Waals surface area contributed by atoms with Crippen molar-refractivity contribution in [2.45, 2.75) is 51.9 Å². The largest absolute Gasteiger partial charge is 0.444 e. The van der Waals surface area contributed by atoms with Crippen molar-refractivity contribution in [1.29, 1.82) is 0 Å². The van der Waals surface area contributed by atoms with Crippen LogP contribution in [-0.2, 0) is 4.74 Å². The molecule has 0 radical (unpaired) electrons. The van der Waals surface area contributed by atoms with Gasteiger partial charge in [0.1, 0.15) is 5.60 Å². The highest BCUT2D eigenvalue weighted by molar-refractivity contribution is 5.69. The standard InChI is InChI=1S/C12H21NO3/c1-7(14)10-8-5-9(10)13(6-8)11(15)16-12(2,3)4/h7-10,14H,5-6H2,1-4H3/t7-,8+,9-,10+/m0/s1. The number of amides is 1. The number of rotatable bonds is 1. The normalized spacial score (nSPS) is 34.6. The molecule has 16 heavy (non-hydrogen) atoms. The number of carbonyl (C=O) groups excluding carboxylic acids is 1. The van der Waals surface area contributed by atoms with Gasteiger partial charge in [0.05, 0.1) is 6.10 Å². The molecule has 92 valence electrons. The predicted molar refractivity (Wildman–Crippen MR) is 60.0 cm³/mol. The third-order valence-electron chi connectivity index (χ3n) is 3.55. The Bertz CT molecular complexity index is 295. The fourth-order valence-corrected chi connectivity index (χ4v) is 2.91. The second-order valence-corrected chi connectivity index (χ2v) is 6.01. The van der Waals surface area contributed by atoms with Crippen molar-refractivity contribution < 1.29 is 14.6 Å². The molecule has 0 aromatic heterocycles. The number of hydrogen-bond acceptors (Lipinski definition) is 3. The van der Waals surface area contributed by atoms with Gasteiger partial charge in [0, 0.05) is 18.5 Å². The maximum atomic E-state index is 11.9. The molecule has 4 nitrogen and oxygen atoms in total. The second-order valence-electron chi connectivity index (χ2n) is 6.01. The Kier molecular flexibility index (Phi) is 2.65. The lowest BCUT2D eigenvalue weighted by Crippen LogP contribution is -2.47. The third kappa shape index (κ3) is 1.90. The Morgan fingerprint density at radius 2 is 2.12 bits per heavy atom. The van der Waals surface area contributed by atoms with E-state index in [1.54, 1.807) is 4.90 Å². The lowest BCUT2D eigenvalue weighted by molar-refractivity contribution is 0.000963. The molecule has 1 saturated carbocycles. The summed E-state index contributed by atoms with van der Waals surface area (Å²) in [6.45, 7) is 8.17. The molecule has 3 fully saturated rings. The number of aliphatic hydroxyl groups is 1. The molecule has 1 N–H and O–H groups in total. The highest BCUT2D eigenvalue weighted by Crippen LogP contribution is 2.48. The summed E-state index contributed by atoms with van der Waals surface area (Å²) in [5.41, 5.74) is -0.440. The van der Waals surface area contributed by atoms with Crippen LogP contribution >= 0.6 is 0 Å². The topological polar surface area (TPSA) is 49.8 Å². The van der Waals surface area contributed by atoms with Gasteiger partial charge in [-0.05, 0) is 40.0 Å². The molecular weight excluding hydrogens is 206 g/mol. The molecule has 2 saturated heterocycles. The van der Waals surface area contributed by atoms with Crippen LogP contribution in [-0.4, -0.2) is 40.4 Å². The molecule has 3 rings (SSSR count). The van der Waals surface area contributed by atoms with Gasteiger partial charge in [-0.1, -0.05) is 0 Å². The molecule has 0 spiro atoms. The van der Waals surface area contributed by atoms with Crippen LogP contribution in [0.2, 0.25) is 0 Å². The summed E-state index contributed by atoms with van der Waals surface area (Å²) in [6.07, 6.45) is 0.466. The van der Waals surface area contributed by atoms with Crippen LogP contribution in [0.15, 0.2) is 0 Å². The zero-order valence-electron chi connectivity index (χ0n) is 10.4. The van der Waals surface area contributed by atoms with Gasteiger partial charge in [-0.3, -0.25) is 0 Å². The summed E-state index contributed by atoms with van der Waals surface area (Å²) in [5.74, 6) is 0.727. The van der Waals surface area contributed by atoms with Crippen molar-refractivity contribution in [3.63, 3.8) is 0 Å². The first-order chi connectivity index (χ1) is 7.29. The molecule has 1 amide bonds. The quantitative estimate of drug-likeness (QED) is 0.740. The number of nitrogens with zero attached hydrogens (tertiary/aromatic N) is 1. The molecule has 0 unspecified atom stereocenters. The van der Waals surface area contributed by atoms with Gasteiger partial charge in [0.15, 0.2) is 0 Å². The van der Waals surface area contributed by atoms with Crippen molar-refractivity contribution in [2.75, 3.05) is 6.54 Å². The van der Waals surface area contributed by atoms with E-state index in [4.69, 9.17) is 4.74 Å². The Morgan fingerprint density at radius 1 is 1.50 bits per heavy atom. The smallest absolute Gasteiger partial charge is 0.410 e. The SMILES string of the molecule is C[C@H](O)[C@@H]1[C@@H]2C[C@@H]1N(C(=O)OC(C)(C)C)C2. The van der Waals surface area contributed by atoms with E-state index in [1.807, 2.05) is 27.7 Å². The van der Waals surface area contributed by atoms with Gasteiger partial charge in [-0.15, -0.1) is 0 Å². The van der Waals surface area contributed by atoms with Crippen LogP contribution in [0.3, 0.4) is 0 Å². The summed E-state index contributed by atoms with van der Waals surface area (Å²) in [5, 5.41) is 9.61. The first-order valence-electron chi connectivity index (χ1n) is 5.97. The molecule has 2 heterocycles. The first kappa shape index (κ1) is 11.7. The summed E-state index contributed by atoms with van der Waals surface area (Å²) >= 11 is 0. The van der Waals surface area contributed by atoms with E-state index in [9.17, 15) is 9.90 Å². The van der Waals surface area contributed by atoms with Gasteiger partial charge in [-0.2, -0.15) is 0 Å². The zero-order valence-corrected chi connectivity index (χ0v) is 10.4. The van der Waals surface area contributed by atoms with E-state index in [-0.39, 0.29) is 24.2 Å². The van der Waals surface area contributed by atoms with Gasteiger partial charge < -0.3 is 14.7 Å². The summed E-state index contributed by atoms with van der Waals surface area (Å²) < 4.78 is 5.35. The predicted octanol–water partition coefficient (Wildman–Crippen LogP) is 1.62. The van der Waals surface area contributed by atoms with Crippen LogP contribution in [0.25, 0.3) is 0 Å². The molecule has 0 aromatic carbocycles. The molecular formula is C12H21NO3. The number of carbonyl (C=O) groups is 1. The maximum Gasteiger partial charge on any atom is 0.410 e. The monoisotopic (exact) mass is 227 g/mol. The number of ether oxygens (including phenoxy) is 1. The average Bonchev–Trinajstić information content (AvgIpc) is 2.53. The maximum absolute atomic E-state index is 11.9. The fourth-order valence-electron chi connectivity index (χ4n) is 2.91. The Hall–Kier alpha value is -0.770. The van der Waals surface area contributed by atoms with Crippen LogP contribution in [0, 0.1) is 11.8 Å². The lowest BCUT2D eigenvalue weighted by Gasteiger charge is -2.38. The van der Waals surface area contributed by atoms with E-state index in [2.05, 4.69) is 0 Å². The summed E-state index contributed by atoms with van der Waals surface area (Å²) in [6, 6.07) is 0.194. The average molecular weight is 227 g/mol. The summed E-state index contributed by atoms with van der Waals surface area (Å²) in [7, 11) is 0. The van der Waals surface area contributed by atoms with Gasteiger partial charge in [0.25, 0.3) is 0 Å². The minimum Gasteiger partial charge on any atom is -0.444 e. The van der Waals surface area contributed by atoms with Crippen molar-refractivity contribution >= 4 is 6.09 Å². The minimum absolute atomic E-state index is 0.194. The molecule has 4 heteroatoms. The zero-order chi connectivity index (χ0) is 12.1. The van der Waals surface area contributed by atoms with Crippen LogP contribution in [0.1, 0.15) is 34.1 Å². The lowest BCUT2D eigenvalue weighted by atomic mass is 9.71. The van der Waals surface area contributed by atoms with Crippen molar-refractivity contribution in [3.05, 3.63) is 0 Å². The Morgan fingerprint density at radius 3 is 2.56 bits per heavy atom. The number of hydrogen-bond donors (Lipinski definition) is 1. The van der Waals surface area contributed by atoms with Gasteiger partial charge >= 0.3 is 6.09 Å². The highest BCUT2D eigenvalue weighted by atomic mass is 16.6. The molecule has 4 atom stereocenters. The van der Waals surface area contributed by atoms with E-state index in [0.29, 0.717) is 5.92 Å². The van der Waals surface area contributed by atoms with Crippen molar-refractivity contribution in [3.8, 4) is 0 Å². The minimum atomic E-state index is -0.440. The molecule has 2 aliphatic heterocycles. The molecule has 1 aliphatic carbocycles. The van der Waals surface area contributed by atoms with E-state index < -0.39 is 5.60 Å². The molecule has 3 aliphatic rings. The fraction of sp³-hybridized carbons (Fsp3) is 0.917. The van der Waals surface area contributed by atoms with Crippen LogP contribution in [0.4, 0.5) is 4.79 Å². The molecule has 0 aromatic rings. The number of aliphatic hydroxyl groups excluding tert-OH is 1. The Balaban J connectivity index is 1.96. The van der Waals surface area contributed by atoms with E-state index in [1.165, 1.54) is 0 Å². The van der Waals surface area contributed by atoms with Crippen molar-refractivity contribution in [2.24, 2.45) is 11.8 Å². The van der Waals surface area contributed by atoms with Crippen molar-refractivity contribution in [1.82, 2.24) is 4.90 Å². The van der Waals surface area contributed by atoms with Gasteiger partial charge in [-0.25, -0.2) is 4.79 Å². The van der Waals surface area contributed by atoms with Crippen LogP contribution in [0.5, 0.6) is 0 Å². The van der Waals surface area contributed by atoms with Gasteiger partial charge in [0.2, 0.25) is 0 Å². The summed E-state index contributed by atoms with van der Waals surface area (Å²) in [4.78, 5) is 13.7.